The van der Waals surface area contributed by atoms with E-state index in [0.717, 1.165) is 45.9 Å². The van der Waals surface area contributed by atoms with Crippen LogP contribution in [0.1, 0.15) is 16.7 Å². The molecular weight excluding hydrogens is 220 g/mol. The lowest BCUT2D eigenvalue weighted by molar-refractivity contribution is 0.0346. The van der Waals surface area contributed by atoms with Gasteiger partial charge in [0.05, 0.1) is 13.2 Å². The number of rotatable bonds is 5. The normalized spacial score (nSPS) is 17.8. The van der Waals surface area contributed by atoms with Crippen molar-refractivity contribution in [2.24, 2.45) is 0 Å². The summed E-state index contributed by atoms with van der Waals surface area (Å²) in [6.45, 7) is 9.18. The van der Waals surface area contributed by atoms with Gasteiger partial charge in [0.25, 0.3) is 0 Å². The van der Waals surface area contributed by atoms with Crippen LogP contribution in [0.3, 0.4) is 0 Å². The minimum atomic E-state index is 0.885. The van der Waals surface area contributed by atoms with Gasteiger partial charge >= 0.3 is 0 Å². The SMILES string of the molecule is CCNCc1ccc(CN2CCOCC2)s1. The van der Waals surface area contributed by atoms with Crippen molar-refractivity contribution in [3.8, 4) is 0 Å². The zero-order chi connectivity index (χ0) is 11.2. The van der Waals surface area contributed by atoms with Crippen molar-refractivity contribution in [1.29, 1.82) is 0 Å². The molecule has 1 aliphatic rings. The predicted octanol–water partition coefficient (Wildman–Crippen LogP) is 1.69. The van der Waals surface area contributed by atoms with E-state index in [4.69, 9.17) is 4.74 Å². The second-order valence-corrected chi connectivity index (χ2v) is 5.29. The minimum Gasteiger partial charge on any atom is -0.379 e. The van der Waals surface area contributed by atoms with Crippen LogP contribution in [0.15, 0.2) is 12.1 Å². The van der Waals surface area contributed by atoms with E-state index in [0.29, 0.717) is 0 Å². The molecule has 16 heavy (non-hydrogen) atoms. The summed E-state index contributed by atoms with van der Waals surface area (Å²) in [5, 5.41) is 3.36. The summed E-state index contributed by atoms with van der Waals surface area (Å²) in [5.41, 5.74) is 0. The Bertz CT molecular complexity index is 308. The summed E-state index contributed by atoms with van der Waals surface area (Å²) in [4.78, 5) is 5.37. The average molecular weight is 240 g/mol. The average Bonchev–Trinajstić information content (AvgIpc) is 2.75. The summed E-state index contributed by atoms with van der Waals surface area (Å²) in [5.74, 6) is 0. The molecule has 90 valence electrons. The summed E-state index contributed by atoms with van der Waals surface area (Å²) in [6.07, 6.45) is 0. The minimum absolute atomic E-state index is 0.885. The number of nitrogens with zero attached hydrogens (tertiary/aromatic N) is 1. The van der Waals surface area contributed by atoms with Crippen LogP contribution in [0, 0.1) is 0 Å². The fraction of sp³-hybridized carbons (Fsp3) is 0.667. The number of thiophene rings is 1. The maximum Gasteiger partial charge on any atom is 0.0594 e. The first-order chi connectivity index (χ1) is 7.88. The predicted molar refractivity (Wildman–Crippen MR) is 67.8 cm³/mol. The van der Waals surface area contributed by atoms with Crippen molar-refractivity contribution in [3.63, 3.8) is 0 Å². The van der Waals surface area contributed by atoms with E-state index in [1.54, 1.807) is 0 Å². The second-order valence-electron chi connectivity index (χ2n) is 4.04. The van der Waals surface area contributed by atoms with E-state index >= 15 is 0 Å². The largest absolute Gasteiger partial charge is 0.379 e. The third-order valence-corrected chi connectivity index (χ3v) is 3.82. The van der Waals surface area contributed by atoms with E-state index < -0.39 is 0 Å². The zero-order valence-corrected chi connectivity index (χ0v) is 10.7. The first-order valence-electron chi connectivity index (χ1n) is 5.97. The lowest BCUT2D eigenvalue weighted by Crippen LogP contribution is -2.35. The molecule has 0 spiro atoms. The molecule has 0 aliphatic carbocycles. The highest BCUT2D eigenvalue weighted by Gasteiger charge is 2.11. The Morgan fingerprint density at radius 3 is 2.81 bits per heavy atom. The summed E-state index contributed by atoms with van der Waals surface area (Å²) in [6, 6.07) is 4.50. The first-order valence-corrected chi connectivity index (χ1v) is 6.78. The van der Waals surface area contributed by atoms with Gasteiger partial charge < -0.3 is 10.1 Å². The van der Waals surface area contributed by atoms with Crippen LogP contribution in [0.5, 0.6) is 0 Å². The molecular formula is C12H20N2OS. The molecule has 1 aliphatic heterocycles. The number of nitrogens with one attached hydrogen (secondary N) is 1. The standard InChI is InChI=1S/C12H20N2OS/c1-2-13-9-11-3-4-12(16-11)10-14-5-7-15-8-6-14/h3-4,13H,2,5-10H2,1H3. The molecule has 0 amide bonds. The smallest absolute Gasteiger partial charge is 0.0594 e. The number of hydrogen-bond acceptors (Lipinski definition) is 4. The fourth-order valence-electron chi connectivity index (χ4n) is 1.83. The van der Waals surface area contributed by atoms with Gasteiger partial charge in [0.1, 0.15) is 0 Å². The Labute approximate surface area is 101 Å². The van der Waals surface area contributed by atoms with Gasteiger partial charge in [0.15, 0.2) is 0 Å². The molecule has 2 rings (SSSR count). The van der Waals surface area contributed by atoms with Crippen LogP contribution in [0.2, 0.25) is 0 Å². The van der Waals surface area contributed by atoms with Crippen molar-refractivity contribution < 1.29 is 4.74 Å². The van der Waals surface area contributed by atoms with E-state index in [2.05, 4.69) is 29.3 Å². The molecule has 0 atom stereocenters. The van der Waals surface area contributed by atoms with E-state index in [1.165, 1.54) is 9.75 Å². The molecule has 0 unspecified atom stereocenters. The second kappa shape index (κ2) is 6.35. The molecule has 1 aromatic rings. The highest BCUT2D eigenvalue weighted by molar-refractivity contribution is 7.11. The zero-order valence-electron chi connectivity index (χ0n) is 9.87. The van der Waals surface area contributed by atoms with E-state index in [-0.39, 0.29) is 0 Å². The summed E-state index contributed by atoms with van der Waals surface area (Å²) < 4.78 is 5.35. The van der Waals surface area contributed by atoms with Crippen molar-refractivity contribution >= 4 is 11.3 Å². The topological polar surface area (TPSA) is 24.5 Å². The molecule has 1 N–H and O–H groups in total. The van der Waals surface area contributed by atoms with Gasteiger partial charge in [0.2, 0.25) is 0 Å². The van der Waals surface area contributed by atoms with Crippen LogP contribution in [0.25, 0.3) is 0 Å². The van der Waals surface area contributed by atoms with Crippen LogP contribution in [-0.2, 0) is 17.8 Å². The maximum atomic E-state index is 5.35. The molecule has 0 aromatic carbocycles. The van der Waals surface area contributed by atoms with E-state index in [9.17, 15) is 0 Å². The quantitative estimate of drug-likeness (QED) is 0.847. The van der Waals surface area contributed by atoms with E-state index in [1.807, 2.05) is 11.3 Å². The van der Waals surface area contributed by atoms with Crippen molar-refractivity contribution in [1.82, 2.24) is 10.2 Å². The van der Waals surface area contributed by atoms with Gasteiger partial charge in [-0.2, -0.15) is 0 Å². The monoisotopic (exact) mass is 240 g/mol. The van der Waals surface area contributed by atoms with Crippen molar-refractivity contribution in [2.45, 2.75) is 20.0 Å². The molecule has 0 radical (unpaired) electrons. The number of ether oxygens (including phenoxy) is 1. The van der Waals surface area contributed by atoms with Crippen molar-refractivity contribution in [3.05, 3.63) is 21.9 Å². The third-order valence-electron chi connectivity index (χ3n) is 2.75. The Morgan fingerprint density at radius 1 is 1.31 bits per heavy atom. The highest BCUT2D eigenvalue weighted by atomic mass is 32.1. The van der Waals surface area contributed by atoms with Gasteiger partial charge in [-0.3, -0.25) is 4.90 Å². The molecule has 4 heteroatoms. The maximum absolute atomic E-state index is 5.35. The van der Waals surface area contributed by atoms with Gasteiger partial charge in [-0.15, -0.1) is 11.3 Å². The fourth-order valence-corrected chi connectivity index (χ4v) is 2.86. The molecule has 3 nitrogen and oxygen atoms in total. The van der Waals surface area contributed by atoms with Crippen LogP contribution in [-0.4, -0.2) is 37.7 Å². The molecule has 1 aromatic heterocycles. The molecule has 1 saturated heterocycles. The molecule has 0 saturated carbocycles. The Balaban J connectivity index is 1.81. The van der Waals surface area contributed by atoms with Crippen molar-refractivity contribution in [2.75, 3.05) is 32.8 Å². The van der Waals surface area contributed by atoms with Gasteiger partial charge in [0, 0.05) is 35.9 Å². The van der Waals surface area contributed by atoms with Crippen LogP contribution in [0.4, 0.5) is 0 Å². The van der Waals surface area contributed by atoms with Gasteiger partial charge in [-0.05, 0) is 18.7 Å². The summed E-state index contributed by atoms with van der Waals surface area (Å²) >= 11 is 1.92. The van der Waals surface area contributed by atoms with Crippen LogP contribution >= 0.6 is 11.3 Å². The lowest BCUT2D eigenvalue weighted by Gasteiger charge is -2.25. The molecule has 2 heterocycles. The number of morpholine rings is 1. The first kappa shape index (κ1) is 12.0. The Hall–Kier alpha value is -0.420. The summed E-state index contributed by atoms with van der Waals surface area (Å²) in [7, 11) is 0. The van der Waals surface area contributed by atoms with Gasteiger partial charge in [-0.1, -0.05) is 6.92 Å². The molecule has 1 fully saturated rings. The van der Waals surface area contributed by atoms with Crippen LogP contribution < -0.4 is 5.32 Å². The van der Waals surface area contributed by atoms with Gasteiger partial charge in [-0.25, -0.2) is 0 Å². The highest BCUT2D eigenvalue weighted by Crippen LogP contribution is 2.18. The lowest BCUT2D eigenvalue weighted by atomic mass is 10.3. The third kappa shape index (κ3) is 3.56. The number of hydrogen-bond donors (Lipinski definition) is 1. The Morgan fingerprint density at radius 2 is 2.06 bits per heavy atom. The Kier molecular flexibility index (Phi) is 4.78. The molecule has 0 bridgehead atoms.